The van der Waals surface area contributed by atoms with Crippen LogP contribution in [0.4, 0.5) is 0 Å². The van der Waals surface area contributed by atoms with Crippen LogP contribution in [0.1, 0.15) is 52.0 Å². The minimum Gasteiger partial charge on any atom is -0.379 e. The van der Waals surface area contributed by atoms with Crippen molar-refractivity contribution in [3.8, 4) is 0 Å². The molecule has 1 fully saturated rings. The molecule has 1 aromatic rings. The fourth-order valence-electron chi connectivity index (χ4n) is 2.47. The summed E-state index contributed by atoms with van der Waals surface area (Å²) in [6.45, 7) is 14.9. The summed E-state index contributed by atoms with van der Waals surface area (Å²) in [6.07, 6.45) is 0. The Labute approximate surface area is 104 Å². The van der Waals surface area contributed by atoms with Crippen LogP contribution in [0.5, 0.6) is 0 Å². The Bertz CT molecular complexity index is 412. The van der Waals surface area contributed by atoms with Crippen molar-refractivity contribution >= 4 is 0 Å². The summed E-state index contributed by atoms with van der Waals surface area (Å²) in [7, 11) is 0. The van der Waals surface area contributed by atoms with E-state index in [4.69, 9.17) is 9.84 Å². The van der Waals surface area contributed by atoms with Crippen LogP contribution in [-0.4, -0.2) is 23.0 Å². The lowest BCUT2D eigenvalue weighted by Crippen LogP contribution is -2.30. The maximum atomic E-state index is 5.64. The SMILES string of the molecule is Cc1cc(C(C)(C)C)n(C2COCC2(C)C)n1. The molecule has 17 heavy (non-hydrogen) atoms. The third-order valence-electron chi connectivity index (χ3n) is 3.57. The normalized spacial score (nSPS) is 24.2. The second kappa shape index (κ2) is 3.84. The van der Waals surface area contributed by atoms with E-state index in [-0.39, 0.29) is 10.8 Å². The van der Waals surface area contributed by atoms with Crippen molar-refractivity contribution in [1.82, 2.24) is 9.78 Å². The Hall–Kier alpha value is -0.830. The Balaban J connectivity index is 2.45. The van der Waals surface area contributed by atoms with E-state index in [2.05, 4.69) is 52.3 Å². The highest BCUT2D eigenvalue weighted by molar-refractivity contribution is 5.19. The van der Waals surface area contributed by atoms with Gasteiger partial charge in [0.05, 0.1) is 24.9 Å². The smallest absolute Gasteiger partial charge is 0.0828 e. The molecule has 1 saturated heterocycles. The van der Waals surface area contributed by atoms with E-state index in [0.717, 1.165) is 18.9 Å². The molecule has 0 spiro atoms. The minimum absolute atomic E-state index is 0.125. The van der Waals surface area contributed by atoms with Crippen molar-refractivity contribution in [2.24, 2.45) is 5.41 Å². The van der Waals surface area contributed by atoms with Gasteiger partial charge in [-0.05, 0) is 13.0 Å². The van der Waals surface area contributed by atoms with Gasteiger partial charge >= 0.3 is 0 Å². The van der Waals surface area contributed by atoms with Crippen LogP contribution in [0, 0.1) is 12.3 Å². The largest absolute Gasteiger partial charge is 0.379 e. The maximum Gasteiger partial charge on any atom is 0.0828 e. The van der Waals surface area contributed by atoms with Gasteiger partial charge in [-0.2, -0.15) is 5.10 Å². The molecule has 1 unspecified atom stereocenters. The zero-order chi connectivity index (χ0) is 12.8. The molecule has 3 heteroatoms. The third-order valence-corrected chi connectivity index (χ3v) is 3.57. The van der Waals surface area contributed by atoms with E-state index >= 15 is 0 Å². The standard InChI is InChI=1S/C14H24N2O/c1-10-7-11(13(2,3)4)16(15-10)12-8-17-9-14(12,5)6/h7,12H,8-9H2,1-6H3. The van der Waals surface area contributed by atoms with Crippen molar-refractivity contribution in [2.45, 2.75) is 53.0 Å². The van der Waals surface area contributed by atoms with Crippen molar-refractivity contribution in [3.63, 3.8) is 0 Å². The van der Waals surface area contributed by atoms with Gasteiger partial charge in [-0.15, -0.1) is 0 Å². The number of nitrogens with zero attached hydrogens (tertiary/aromatic N) is 2. The molecule has 3 nitrogen and oxygen atoms in total. The Morgan fingerprint density at radius 2 is 2.06 bits per heavy atom. The van der Waals surface area contributed by atoms with Crippen molar-refractivity contribution in [1.29, 1.82) is 0 Å². The molecular formula is C14H24N2O. The molecule has 0 amide bonds. The highest BCUT2D eigenvalue weighted by Crippen LogP contribution is 2.39. The van der Waals surface area contributed by atoms with Crippen LogP contribution < -0.4 is 0 Å². The molecule has 2 heterocycles. The lowest BCUT2D eigenvalue weighted by Gasteiger charge is -2.30. The quantitative estimate of drug-likeness (QED) is 0.749. The maximum absolute atomic E-state index is 5.64. The molecule has 0 bridgehead atoms. The van der Waals surface area contributed by atoms with Crippen LogP contribution >= 0.6 is 0 Å². The lowest BCUT2D eigenvalue weighted by molar-refractivity contribution is 0.166. The van der Waals surface area contributed by atoms with E-state index < -0.39 is 0 Å². The summed E-state index contributed by atoms with van der Waals surface area (Å²) in [6, 6.07) is 2.56. The highest BCUT2D eigenvalue weighted by atomic mass is 16.5. The van der Waals surface area contributed by atoms with Crippen molar-refractivity contribution < 1.29 is 4.74 Å². The van der Waals surface area contributed by atoms with Gasteiger partial charge in [0.2, 0.25) is 0 Å². The first-order valence-electron chi connectivity index (χ1n) is 6.36. The first-order chi connectivity index (χ1) is 7.72. The number of aryl methyl sites for hydroxylation is 1. The molecule has 0 saturated carbocycles. The first kappa shape index (κ1) is 12.6. The second-order valence-electron chi connectivity index (χ2n) is 6.89. The van der Waals surface area contributed by atoms with Crippen LogP contribution in [0.2, 0.25) is 0 Å². The van der Waals surface area contributed by atoms with Crippen molar-refractivity contribution in [3.05, 3.63) is 17.5 Å². The number of hydrogen-bond acceptors (Lipinski definition) is 2. The lowest BCUT2D eigenvalue weighted by atomic mass is 9.86. The number of aromatic nitrogens is 2. The molecule has 0 aliphatic carbocycles. The van der Waals surface area contributed by atoms with E-state index in [1.165, 1.54) is 5.69 Å². The van der Waals surface area contributed by atoms with E-state index in [0.29, 0.717) is 6.04 Å². The van der Waals surface area contributed by atoms with Crippen LogP contribution in [-0.2, 0) is 10.2 Å². The predicted molar refractivity (Wildman–Crippen MR) is 69.3 cm³/mol. The van der Waals surface area contributed by atoms with E-state index in [9.17, 15) is 0 Å². The van der Waals surface area contributed by atoms with E-state index in [1.807, 2.05) is 0 Å². The van der Waals surface area contributed by atoms with Gasteiger partial charge in [-0.3, -0.25) is 4.68 Å². The average molecular weight is 236 g/mol. The van der Waals surface area contributed by atoms with Gasteiger partial charge in [0.15, 0.2) is 0 Å². The molecule has 1 atom stereocenters. The second-order valence-corrected chi connectivity index (χ2v) is 6.89. The zero-order valence-corrected chi connectivity index (χ0v) is 11.9. The van der Waals surface area contributed by atoms with E-state index in [1.54, 1.807) is 0 Å². The molecule has 0 aromatic carbocycles. The summed E-state index contributed by atoms with van der Waals surface area (Å²) in [5.41, 5.74) is 2.69. The first-order valence-corrected chi connectivity index (χ1v) is 6.36. The topological polar surface area (TPSA) is 27.1 Å². The number of hydrogen-bond donors (Lipinski definition) is 0. The Morgan fingerprint density at radius 1 is 1.41 bits per heavy atom. The molecule has 0 N–H and O–H groups in total. The van der Waals surface area contributed by atoms with Gasteiger partial charge in [-0.1, -0.05) is 34.6 Å². The Kier molecular flexibility index (Phi) is 2.85. The third kappa shape index (κ3) is 2.25. The van der Waals surface area contributed by atoms with Gasteiger partial charge < -0.3 is 4.74 Å². The molecular weight excluding hydrogens is 212 g/mol. The zero-order valence-electron chi connectivity index (χ0n) is 11.9. The summed E-state index contributed by atoms with van der Waals surface area (Å²) in [5.74, 6) is 0. The predicted octanol–water partition coefficient (Wildman–Crippen LogP) is 3.09. The highest BCUT2D eigenvalue weighted by Gasteiger charge is 2.39. The minimum atomic E-state index is 0.125. The Morgan fingerprint density at radius 3 is 2.53 bits per heavy atom. The molecule has 1 aromatic heterocycles. The number of ether oxygens (including phenoxy) is 1. The van der Waals surface area contributed by atoms with Crippen LogP contribution in [0.3, 0.4) is 0 Å². The average Bonchev–Trinajstić information content (AvgIpc) is 2.67. The van der Waals surface area contributed by atoms with Crippen molar-refractivity contribution in [2.75, 3.05) is 13.2 Å². The van der Waals surface area contributed by atoms with Crippen LogP contribution in [0.15, 0.2) is 6.07 Å². The summed E-state index contributed by atoms with van der Waals surface area (Å²) < 4.78 is 7.84. The number of rotatable bonds is 1. The molecule has 0 radical (unpaired) electrons. The fourth-order valence-corrected chi connectivity index (χ4v) is 2.47. The van der Waals surface area contributed by atoms with Crippen LogP contribution in [0.25, 0.3) is 0 Å². The van der Waals surface area contributed by atoms with Gasteiger partial charge in [0.25, 0.3) is 0 Å². The molecule has 1 aliphatic heterocycles. The van der Waals surface area contributed by atoms with Gasteiger partial charge in [0.1, 0.15) is 0 Å². The monoisotopic (exact) mass is 236 g/mol. The summed E-state index contributed by atoms with van der Waals surface area (Å²) >= 11 is 0. The molecule has 96 valence electrons. The van der Waals surface area contributed by atoms with Gasteiger partial charge in [-0.25, -0.2) is 0 Å². The fraction of sp³-hybridized carbons (Fsp3) is 0.786. The molecule has 2 rings (SSSR count). The summed E-state index contributed by atoms with van der Waals surface area (Å²) in [5, 5.41) is 4.69. The molecule has 1 aliphatic rings. The van der Waals surface area contributed by atoms with Gasteiger partial charge in [0, 0.05) is 16.5 Å². The summed E-state index contributed by atoms with van der Waals surface area (Å²) in [4.78, 5) is 0.